The van der Waals surface area contributed by atoms with Crippen molar-refractivity contribution in [3.05, 3.63) is 74.4 Å². The van der Waals surface area contributed by atoms with Crippen molar-refractivity contribution in [3.8, 4) is 0 Å². The molecule has 122 valence electrons. The highest BCUT2D eigenvalue weighted by Crippen LogP contribution is 2.39. The molecule has 6 heteroatoms. The third-order valence-corrected chi connectivity index (χ3v) is 6.08. The second-order valence-electron chi connectivity index (χ2n) is 5.57. The van der Waals surface area contributed by atoms with Gasteiger partial charge in [0, 0.05) is 16.3 Å². The summed E-state index contributed by atoms with van der Waals surface area (Å²) in [5.41, 5.74) is 1.39. The molecule has 3 heterocycles. The predicted octanol–water partition coefficient (Wildman–Crippen LogP) is 5.13. The fourth-order valence-corrected chi connectivity index (χ4v) is 4.80. The van der Waals surface area contributed by atoms with Crippen LogP contribution in [0.3, 0.4) is 0 Å². The number of hydrogen-bond acceptors (Lipinski definition) is 3. The van der Waals surface area contributed by atoms with Crippen molar-refractivity contribution in [2.24, 2.45) is 0 Å². The van der Waals surface area contributed by atoms with Gasteiger partial charge in [-0.15, -0.1) is 22.7 Å². The summed E-state index contributed by atoms with van der Waals surface area (Å²) in [4.78, 5) is 17.1. The zero-order valence-corrected chi connectivity index (χ0v) is 14.4. The maximum Gasteiger partial charge on any atom is 0.322 e. The van der Waals surface area contributed by atoms with Crippen molar-refractivity contribution in [2.75, 3.05) is 11.9 Å². The Morgan fingerprint density at radius 3 is 2.79 bits per heavy atom. The molecule has 0 spiro atoms. The minimum atomic E-state index is -0.424. The number of hydrogen-bond donors (Lipinski definition) is 1. The van der Waals surface area contributed by atoms with Crippen molar-refractivity contribution >= 4 is 34.4 Å². The lowest BCUT2D eigenvalue weighted by atomic mass is 9.99. The van der Waals surface area contributed by atoms with Crippen LogP contribution in [0, 0.1) is 5.82 Å². The first-order valence-electron chi connectivity index (χ1n) is 7.66. The zero-order valence-electron chi connectivity index (χ0n) is 12.7. The number of benzene rings is 1. The minimum Gasteiger partial charge on any atom is -0.312 e. The van der Waals surface area contributed by atoms with E-state index in [1.54, 1.807) is 45.8 Å². The summed E-state index contributed by atoms with van der Waals surface area (Å²) in [5.74, 6) is -0.424. The van der Waals surface area contributed by atoms with E-state index >= 15 is 0 Å². The summed E-state index contributed by atoms with van der Waals surface area (Å²) in [6.45, 7) is 0.621. The van der Waals surface area contributed by atoms with E-state index < -0.39 is 5.82 Å². The standard InChI is InChI=1S/C18H15FN2OS2/c19-13-4-1-2-5-14(13)20-18(22)21-9-7-15-12(8-11-24-15)17(21)16-6-3-10-23-16/h1-6,8,10-11,17H,7,9H2,(H,20,22). The molecule has 4 rings (SSSR count). The van der Waals surface area contributed by atoms with Crippen LogP contribution in [0.1, 0.15) is 21.4 Å². The van der Waals surface area contributed by atoms with Gasteiger partial charge in [-0.05, 0) is 47.0 Å². The summed E-state index contributed by atoms with van der Waals surface area (Å²) in [5, 5.41) is 6.80. The topological polar surface area (TPSA) is 32.3 Å². The lowest BCUT2D eigenvalue weighted by Gasteiger charge is -2.35. The average Bonchev–Trinajstić information content (AvgIpc) is 3.27. The van der Waals surface area contributed by atoms with Crippen LogP contribution in [-0.2, 0) is 6.42 Å². The number of nitrogens with one attached hydrogen (secondary N) is 1. The van der Waals surface area contributed by atoms with Gasteiger partial charge in [0.2, 0.25) is 0 Å². The van der Waals surface area contributed by atoms with Gasteiger partial charge in [-0.25, -0.2) is 9.18 Å². The highest BCUT2D eigenvalue weighted by atomic mass is 32.1. The van der Waals surface area contributed by atoms with Gasteiger partial charge in [0.15, 0.2) is 0 Å². The molecule has 1 atom stereocenters. The first-order chi connectivity index (χ1) is 11.7. The van der Waals surface area contributed by atoms with E-state index in [4.69, 9.17) is 0 Å². The van der Waals surface area contributed by atoms with Crippen LogP contribution in [0.5, 0.6) is 0 Å². The van der Waals surface area contributed by atoms with E-state index in [1.165, 1.54) is 16.5 Å². The summed E-state index contributed by atoms with van der Waals surface area (Å²) in [6.07, 6.45) is 0.833. The Labute approximate surface area is 147 Å². The van der Waals surface area contributed by atoms with E-state index in [0.717, 1.165) is 11.3 Å². The Bertz CT molecular complexity index is 860. The Morgan fingerprint density at radius 2 is 2.00 bits per heavy atom. The van der Waals surface area contributed by atoms with Gasteiger partial charge in [-0.1, -0.05) is 18.2 Å². The SMILES string of the molecule is O=C(Nc1ccccc1F)N1CCc2sccc2C1c1cccs1. The van der Waals surface area contributed by atoms with Crippen molar-refractivity contribution in [1.82, 2.24) is 4.90 Å². The van der Waals surface area contributed by atoms with Gasteiger partial charge >= 0.3 is 6.03 Å². The highest BCUT2D eigenvalue weighted by molar-refractivity contribution is 7.10. The van der Waals surface area contributed by atoms with Gasteiger partial charge in [0.25, 0.3) is 0 Å². The van der Waals surface area contributed by atoms with Gasteiger partial charge in [-0.3, -0.25) is 0 Å². The lowest BCUT2D eigenvalue weighted by molar-refractivity contribution is 0.195. The third-order valence-electron chi connectivity index (χ3n) is 4.15. The molecule has 0 radical (unpaired) electrons. The zero-order chi connectivity index (χ0) is 16.5. The molecular weight excluding hydrogens is 343 g/mol. The monoisotopic (exact) mass is 358 g/mol. The normalized spacial score (nSPS) is 16.7. The predicted molar refractivity (Wildman–Crippen MR) is 96.3 cm³/mol. The van der Waals surface area contributed by atoms with Crippen LogP contribution in [0.25, 0.3) is 0 Å². The molecule has 0 aliphatic carbocycles. The van der Waals surface area contributed by atoms with Crippen LogP contribution in [-0.4, -0.2) is 17.5 Å². The maximum atomic E-state index is 13.8. The third kappa shape index (κ3) is 2.72. The number of anilines is 1. The summed E-state index contributed by atoms with van der Waals surface area (Å²) in [6, 6.07) is 12.0. The molecule has 0 saturated heterocycles. The van der Waals surface area contributed by atoms with Crippen LogP contribution in [0.15, 0.2) is 53.2 Å². The minimum absolute atomic E-state index is 0.105. The Hall–Kier alpha value is -2.18. The van der Waals surface area contributed by atoms with E-state index in [9.17, 15) is 9.18 Å². The first kappa shape index (κ1) is 15.4. The maximum absolute atomic E-state index is 13.8. The number of halogens is 1. The van der Waals surface area contributed by atoms with Crippen LogP contribution < -0.4 is 5.32 Å². The summed E-state index contributed by atoms with van der Waals surface area (Å²) < 4.78 is 13.8. The second-order valence-corrected chi connectivity index (χ2v) is 7.55. The van der Waals surface area contributed by atoms with E-state index in [0.29, 0.717) is 6.54 Å². The molecule has 3 nitrogen and oxygen atoms in total. The Morgan fingerprint density at radius 1 is 1.12 bits per heavy atom. The van der Waals surface area contributed by atoms with Gasteiger partial charge < -0.3 is 10.2 Å². The van der Waals surface area contributed by atoms with Gasteiger partial charge in [0.05, 0.1) is 11.7 Å². The quantitative estimate of drug-likeness (QED) is 0.677. The molecule has 1 unspecified atom stereocenters. The smallest absolute Gasteiger partial charge is 0.312 e. The largest absolute Gasteiger partial charge is 0.322 e. The average molecular weight is 358 g/mol. The van der Waals surface area contributed by atoms with Crippen LogP contribution in [0.4, 0.5) is 14.9 Å². The highest BCUT2D eigenvalue weighted by Gasteiger charge is 2.33. The number of para-hydroxylation sites is 1. The van der Waals surface area contributed by atoms with E-state index in [-0.39, 0.29) is 17.8 Å². The van der Waals surface area contributed by atoms with Crippen molar-refractivity contribution in [1.29, 1.82) is 0 Å². The number of thiophene rings is 2. The van der Waals surface area contributed by atoms with Gasteiger partial charge in [-0.2, -0.15) is 0 Å². The van der Waals surface area contributed by atoms with E-state index in [2.05, 4.69) is 16.8 Å². The fraction of sp³-hybridized carbons (Fsp3) is 0.167. The van der Waals surface area contributed by atoms with Crippen molar-refractivity contribution in [3.63, 3.8) is 0 Å². The number of carbonyl (C=O) groups is 1. The summed E-state index contributed by atoms with van der Waals surface area (Å²) >= 11 is 3.37. The lowest BCUT2D eigenvalue weighted by Crippen LogP contribution is -2.42. The molecule has 2 aromatic heterocycles. The number of fused-ring (bicyclic) bond motifs is 1. The number of nitrogens with zero attached hydrogens (tertiary/aromatic N) is 1. The van der Waals surface area contributed by atoms with Crippen LogP contribution in [0.2, 0.25) is 0 Å². The molecule has 1 aromatic carbocycles. The Balaban J connectivity index is 1.66. The van der Waals surface area contributed by atoms with Crippen molar-refractivity contribution < 1.29 is 9.18 Å². The van der Waals surface area contributed by atoms with Crippen LogP contribution >= 0.6 is 22.7 Å². The summed E-state index contributed by atoms with van der Waals surface area (Å²) in [7, 11) is 0. The molecule has 1 N–H and O–H groups in total. The first-order valence-corrected chi connectivity index (χ1v) is 9.42. The molecule has 0 fully saturated rings. The Kier molecular flexibility index (Phi) is 4.08. The fourth-order valence-electron chi connectivity index (χ4n) is 3.04. The molecule has 0 saturated carbocycles. The number of urea groups is 1. The molecule has 2 amide bonds. The molecule has 1 aliphatic rings. The molecule has 3 aromatic rings. The van der Waals surface area contributed by atoms with E-state index in [1.807, 2.05) is 17.5 Å². The van der Waals surface area contributed by atoms with Crippen molar-refractivity contribution in [2.45, 2.75) is 12.5 Å². The van der Waals surface area contributed by atoms with Gasteiger partial charge in [0.1, 0.15) is 5.82 Å². The second kappa shape index (κ2) is 6.37. The number of carbonyl (C=O) groups excluding carboxylic acids is 1. The molecule has 1 aliphatic heterocycles. The number of rotatable bonds is 2. The molecule has 24 heavy (non-hydrogen) atoms. The number of amides is 2. The molecule has 0 bridgehead atoms. The molecular formula is C18H15FN2OS2.